The van der Waals surface area contributed by atoms with Crippen LogP contribution in [0.4, 0.5) is 0 Å². The topological polar surface area (TPSA) is 12.0 Å². The van der Waals surface area contributed by atoms with Gasteiger partial charge in [-0.25, -0.2) is 0 Å². The van der Waals surface area contributed by atoms with E-state index in [1.54, 1.807) is 0 Å². The van der Waals surface area contributed by atoms with Gasteiger partial charge in [-0.15, -0.1) is 11.3 Å². The predicted octanol–water partition coefficient (Wildman–Crippen LogP) is 4.76. The summed E-state index contributed by atoms with van der Waals surface area (Å²) in [6.07, 6.45) is 11.5. The molecule has 2 saturated carbocycles. The van der Waals surface area contributed by atoms with Crippen molar-refractivity contribution < 1.29 is 0 Å². The molecule has 1 aromatic heterocycles. The first-order chi connectivity index (χ1) is 9.35. The molecular weight excluding hydrogens is 250 g/mol. The largest absolute Gasteiger partial charge is 0.309 e. The van der Waals surface area contributed by atoms with Crippen LogP contribution in [0.2, 0.25) is 0 Å². The second kappa shape index (κ2) is 6.41. The van der Waals surface area contributed by atoms with Gasteiger partial charge in [0.05, 0.1) is 0 Å². The summed E-state index contributed by atoms with van der Waals surface area (Å²) >= 11 is 1.98. The minimum absolute atomic E-state index is 0.784. The second-order valence-electron chi connectivity index (χ2n) is 6.42. The normalized spacial score (nSPS) is 31.1. The highest BCUT2D eigenvalue weighted by Crippen LogP contribution is 2.40. The van der Waals surface area contributed by atoms with Gasteiger partial charge in [-0.05, 0) is 49.7 Å². The van der Waals surface area contributed by atoms with Crippen molar-refractivity contribution >= 4 is 11.3 Å². The molecule has 0 spiro atoms. The Morgan fingerprint density at radius 3 is 2.63 bits per heavy atom. The molecule has 1 heterocycles. The molecule has 1 aromatic rings. The molecule has 0 radical (unpaired) electrons. The van der Waals surface area contributed by atoms with E-state index in [0.717, 1.165) is 24.4 Å². The first kappa shape index (κ1) is 13.6. The van der Waals surface area contributed by atoms with Crippen LogP contribution in [-0.2, 0) is 13.0 Å². The fourth-order valence-corrected chi connectivity index (χ4v) is 4.92. The van der Waals surface area contributed by atoms with Gasteiger partial charge >= 0.3 is 0 Å². The number of thiophene rings is 1. The molecule has 3 unspecified atom stereocenters. The number of rotatable bonds is 4. The maximum Gasteiger partial charge on any atom is 0.0302 e. The highest BCUT2D eigenvalue weighted by atomic mass is 32.1. The summed E-state index contributed by atoms with van der Waals surface area (Å²) in [6, 6.07) is 5.38. The molecule has 2 heteroatoms. The molecule has 19 heavy (non-hydrogen) atoms. The van der Waals surface area contributed by atoms with Crippen molar-refractivity contribution in [3.05, 3.63) is 21.9 Å². The van der Waals surface area contributed by atoms with Crippen LogP contribution in [0, 0.1) is 11.8 Å². The summed E-state index contributed by atoms with van der Waals surface area (Å²) in [7, 11) is 0. The van der Waals surface area contributed by atoms with Crippen molar-refractivity contribution in [1.29, 1.82) is 0 Å². The summed E-state index contributed by atoms with van der Waals surface area (Å²) in [5, 5.41) is 3.82. The Kier molecular flexibility index (Phi) is 4.60. The van der Waals surface area contributed by atoms with Crippen LogP contribution in [-0.4, -0.2) is 6.04 Å². The molecule has 1 nitrogen and oxygen atoms in total. The van der Waals surface area contributed by atoms with Gasteiger partial charge in [0.15, 0.2) is 0 Å². The minimum atomic E-state index is 0.784. The minimum Gasteiger partial charge on any atom is -0.309 e. The van der Waals surface area contributed by atoms with Crippen LogP contribution in [0.3, 0.4) is 0 Å². The molecule has 2 fully saturated rings. The van der Waals surface area contributed by atoms with Gasteiger partial charge in [-0.2, -0.15) is 0 Å². The zero-order chi connectivity index (χ0) is 13.1. The standard InChI is InChI=1S/C17H27NS/c1-2-16-9-10-17(19-16)12-18-15-8-7-13-5-3-4-6-14(13)11-15/h9-10,13-15,18H,2-8,11-12H2,1H3. The van der Waals surface area contributed by atoms with Crippen molar-refractivity contribution in [1.82, 2.24) is 5.32 Å². The lowest BCUT2D eigenvalue weighted by Crippen LogP contribution is -2.38. The van der Waals surface area contributed by atoms with E-state index in [1.165, 1.54) is 61.1 Å². The van der Waals surface area contributed by atoms with Crippen molar-refractivity contribution in [2.75, 3.05) is 0 Å². The van der Waals surface area contributed by atoms with E-state index in [9.17, 15) is 0 Å². The van der Waals surface area contributed by atoms with Crippen LogP contribution in [0.25, 0.3) is 0 Å². The number of aryl methyl sites for hydroxylation is 1. The molecule has 0 aromatic carbocycles. The second-order valence-corrected chi connectivity index (χ2v) is 7.67. The Hall–Kier alpha value is -0.340. The van der Waals surface area contributed by atoms with Gasteiger partial charge in [0, 0.05) is 22.3 Å². The van der Waals surface area contributed by atoms with Gasteiger partial charge < -0.3 is 5.32 Å². The maximum absolute atomic E-state index is 3.82. The zero-order valence-electron chi connectivity index (χ0n) is 12.2. The Morgan fingerprint density at radius 2 is 1.84 bits per heavy atom. The van der Waals surface area contributed by atoms with E-state index in [2.05, 4.69) is 24.4 Å². The Morgan fingerprint density at radius 1 is 1.05 bits per heavy atom. The van der Waals surface area contributed by atoms with Gasteiger partial charge in [0.1, 0.15) is 0 Å². The van der Waals surface area contributed by atoms with E-state index in [0.29, 0.717) is 0 Å². The molecular formula is C17H27NS. The molecule has 2 aliphatic rings. The fourth-order valence-electron chi connectivity index (χ4n) is 4.01. The Balaban J connectivity index is 1.48. The third-order valence-corrected chi connectivity index (χ3v) is 6.40. The third kappa shape index (κ3) is 3.41. The maximum atomic E-state index is 3.82. The summed E-state index contributed by atoms with van der Waals surface area (Å²) in [5.74, 6) is 2.11. The zero-order valence-corrected chi connectivity index (χ0v) is 13.0. The van der Waals surface area contributed by atoms with Gasteiger partial charge in [-0.1, -0.05) is 32.6 Å². The SMILES string of the molecule is CCc1ccc(CNC2CCC3CCCCC3C2)s1. The van der Waals surface area contributed by atoms with Crippen LogP contribution >= 0.6 is 11.3 Å². The number of hydrogen-bond donors (Lipinski definition) is 1. The average Bonchev–Trinajstić information content (AvgIpc) is 2.93. The fraction of sp³-hybridized carbons (Fsp3) is 0.765. The first-order valence-electron chi connectivity index (χ1n) is 8.16. The van der Waals surface area contributed by atoms with Crippen molar-refractivity contribution in [2.24, 2.45) is 11.8 Å². The predicted molar refractivity (Wildman–Crippen MR) is 83.6 cm³/mol. The molecule has 0 aliphatic heterocycles. The van der Waals surface area contributed by atoms with Gasteiger partial charge in [0.25, 0.3) is 0 Å². The van der Waals surface area contributed by atoms with Crippen molar-refractivity contribution in [2.45, 2.75) is 70.9 Å². The molecule has 106 valence electrons. The lowest BCUT2D eigenvalue weighted by atomic mass is 9.69. The Bertz CT molecular complexity index is 398. The lowest BCUT2D eigenvalue weighted by molar-refractivity contribution is 0.143. The van der Waals surface area contributed by atoms with E-state index in [-0.39, 0.29) is 0 Å². The highest BCUT2D eigenvalue weighted by Gasteiger charge is 2.31. The van der Waals surface area contributed by atoms with Crippen molar-refractivity contribution in [3.8, 4) is 0 Å². The van der Waals surface area contributed by atoms with Crippen LogP contribution < -0.4 is 5.32 Å². The lowest BCUT2D eigenvalue weighted by Gasteiger charge is -2.39. The summed E-state index contributed by atoms with van der Waals surface area (Å²) in [6.45, 7) is 3.33. The van der Waals surface area contributed by atoms with Crippen LogP contribution in [0.15, 0.2) is 12.1 Å². The smallest absolute Gasteiger partial charge is 0.0302 e. The molecule has 3 rings (SSSR count). The van der Waals surface area contributed by atoms with E-state index in [1.807, 2.05) is 11.3 Å². The third-order valence-electron chi connectivity index (χ3n) is 5.17. The van der Waals surface area contributed by atoms with Crippen LogP contribution in [0.1, 0.15) is 61.6 Å². The van der Waals surface area contributed by atoms with Crippen molar-refractivity contribution in [3.63, 3.8) is 0 Å². The molecule has 3 atom stereocenters. The van der Waals surface area contributed by atoms with Crippen LogP contribution in [0.5, 0.6) is 0 Å². The average molecular weight is 277 g/mol. The van der Waals surface area contributed by atoms with E-state index >= 15 is 0 Å². The molecule has 2 aliphatic carbocycles. The molecule has 0 bridgehead atoms. The number of hydrogen-bond acceptors (Lipinski definition) is 2. The number of nitrogens with one attached hydrogen (secondary N) is 1. The molecule has 0 saturated heterocycles. The first-order valence-corrected chi connectivity index (χ1v) is 8.97. The summed E-state index contributed by atoms with van der Waals surface area (Å²) < 4.78 is 0. The molecule has 1 N–H and O–H groups in total. The highest BCUT2D eigenvalue weighted by molar-refractivity contribution is 7.11. The van der Waals surface area contributed by atoms with Gasteiger partial charge in [0.2, 0.25) is 0 Å². The number of fused-ring (bicyclic) bond motifs is 1. The van der Waals surface area contributed by atoms with E-state index in [4.69, 9.17) is 0 Å². The van der Waals surface area contributed by atoms with E-state index < -0.39 is 0 Å². The summed E-state index contributed by atoms with van der Waals surface area (Å²) in [4.78, 5) is 3.04. The quantitative estimate of drug-likeness (QED) is 0.836. The monoisotopic (exact) mass is 277 g/mol. The summed E-state index contributed by atoms with van der Waals surface area (Å²) in [5.41, 5.74) is 0. The van der Waals surface area contributed by atoms with Gasteiger partial charge in [-0.3, -0.25) is 0 Å². The molecule has 0 amide bonds. The Labute approximate surface area is 121 Å².